The van der Waals surface area contributed by atoms with E-state index < -0.39 is 11.6 Å². The lowest BCUT2D eigenvalue weighted by Crippen LogP contribution is -1.93. The summed E-state index contributed by atoms with van der Waals surface area (Å²) in [6.07, 6.45) is 1.60. The highest BCUT2D eigenvalue weighted by atomic mass is 19.1. The molecule has 0 saturated heterocycles. The van der Waals surface area contributed by atoms with E-state index in [0.29, 0.717) is 12.0 Å². The van der Waals surface area contributed by atoms with Gasteiger partial charge in [0.05, 0.1) is 5.56 Å². The lowest BCUT2D eigenvalue weighted by Gasteiger charge is -2.03. The van der Waals surface area contributed by atoms with E-state index in [-0.39, 0.29) is 5.56 Å². The van der Waals surface area contributed by atoms with Crippen molar-refractivity contribution in [1.82, 2.24) is 0 Å². The highest BCUT2D eigenvalue weighted by molar-refractivity contribution is 5.64. The Hall–Kier alpha value is -2.92. The molecule has 0 atom stereocenters. The van der Waals surface area contributed by atoms with Gasteiger partial charge < -0.3 is 0 Å². The zero-order valence-electron chi connectivity index (χ0n) is 14.9. The van der Waals surface area contributed by atoms with Gasteiger partial charge in [0.25, 0.3) is 0 Å². The fourth-order valence-corrected chi connectivity index (χ4v) is 2.76. The van der Waals surface area contributed by atoms with Crippen molar-refractivity contribution in [1.29, 1.82) is 0 Å². The molecule has 2 heteroatoms. The molecule has 0 aliphatic heterocycles. The molecular formula is C24H20F2. The maximum Gasteiger partial charge on any atom is 0.142 e. The minimum absolute atomic E-state index is 0.179. The Kier molecular flexibility index (Phi) is 5.49. The molecule has 3 aromatic rings. The average molecular weight is 346 g/mol. The Balaban J connectivity index is 1.83. The summed E-state index contributed by atoms with van der Waals surface area (Å²) in [4.78, 5) is 0. The van der Waals surface area contributed by atoms with Crippen molar-refractivity contribution in [2.75, 3.05) is 0 Å². The van der Waals surface area contributed by atoms with Crippen molar-refractivity contribution in [3.63, 3.8) is 0 Å². The van der Waals surface area contributed by atoms with Crippen LogP contribution in [-0.2, 0) is 12.8 Å². The standard InChI is InChI=1S/C24H20F2/c1-3-17-5-10-20(11-6-17)21-12-7-19(8-13-21)9-14-22-23(25)15-18(4-2)16-24(22)26/h5-8,10-13,15-16H,3-4H2,1-2H3. The molecule has 0 aliphatic carbocycles. The summed E-state index contributed by atoms with van der Waals surface area (Å²) in [6, 6.07) is 18.8. The molecule has 0 amide bonds. The summed E-state index contributed by atoms with van der Waals surface area (Å²) in [7, 11) is 0. The van der Waals surface area contributed by atoms with Crippen LogP contribution < -0.4 is 0 Å². The van der Waals surface area contributed by atoms with Crippen LogP contribution in [0.25, 0.3) is 11.1 Å². The molecule has 0 nitrogen and oxygen atoms in total. The molecule has 0 saturated carbocycles. The summed E-state index contributed by atoms with van der Waals surface area (Å²) in [5.41, 5.74) is 4.69. The van der Waals surface area contributed by atoms with E-state index >= 15 is 0 Å². The van der Waals surface area contributed by atoms with Crippen LogP contribution in [0.4, 0.5) is 8.78 Å². The van der Waals surface area contributed by atoms with Gasteiger partial charge in [0.15, 0.2) is 0 Å². The second-order valence-corrected chi connectivity index (χ2v) is 6.17. The van der Waals surface area contributed by atoms with Gasteiger partial charge in [0.2, 0.25) is 0 Å². The van der Waals surface area contributed by atoms with Crippen molar-refractivity contribution in [2.45, 2.75) is 26.7 Å². The van der Waals surface area contributed by atoms with E-state index in [2.05, 4.69) is 43.0 Å². The molecule has 3 rings (SSSR count). The van der Waals surface area contributed by atoms with Gasteiger partial charge in [-0.2, -0.15) is 0 Å². The predicted octanol–water partition coefficient (Wildman–Crippen LogP) is 6.16. The normalized spacial score (nSPS) is 10.3. The number of hydrogen-bond acceptors (Lipinski definition) is 0. The van der Waals surface area contributed by atoms with Crippen molar-refractivity contribution in [2.24, 2.45) is 0 Å². The smallest absolute Gasteiger partial charge is 0.142 e. The van der Waals surface area contributed by atoms with Crippen LogP contribution >= 0.6 is 0 Å². The van der Waals surface area contributed by atoms with E-state index in [1.807, 2.05) is 31.2 Å². The van der Waals surface area contributed by atoms with E-state index in [1.165, 1.54) is 17.7 Å². The fraction of sp³-hybridized carbons (Fsp3) is 0.167. The van der Waals surface area contributed by atoms with Crippen LogP contribution in [0.5, 0.6) is 0 Å². The largest absolute Gasteiger partial charge is 0.206 e. The average Bonchev–Trinajstić information content (AvgIpc) is 2.67. The molecule has 0 unspecified atom stereocenters. The zero-order chi connectivity index (χ0) is 18.5. The molecule has 0 aliphatic rings. The quantitative estimate of drug-likeness (QED) is 0.499. The van der Waals surface area contributed by atoms with E-state index in [0.717, 1.165) is 23.1 Å². The van der Waals surface area contributed by atoms with Crippen LogP contribution in [0.3, 0.4) is 0 Å². The Morgan fingerprint density at radius 2 is 1.15 bits per heavy atom. The molecule has 0 fully saturated rings. The van der Waals surface area contributed by atoms with Crippen LogP contribution in [0, 0.1) is 23.5 Å². The molecule has 0 radical (unpaired) electrons. The lowest BCUT2D eigenvalue weighted by atomic mass is 10.0. The summed E-state index contributed by atoms with van der Waals surface area (Å²) in [5.74, 6) is 4.25. The first-order valence-corrected chi connectivity index (χ1v) is 8.80. The summed E-state index contributed by atoms with van der Waals surface area (Å²) in [5, 5.41) is 0. The maximum atomic E-state index is 14.0. The van der Waals surface area contributed by atoms with Gasteiger partial charge in [-0.1, -0.05) is 62.1 Å². The third-order valence-corrected chi connectivity index (χ3v) is 4.42. The van der Waals surface area contributed by atoms with E-state index in [4.69, 9.17) is 0 Å². The first kappa shape index (κ1) is 17.9. The number of benzene rings is 3. The monoisotopic (exact) mass is 346 g/mol. The second-order valence-electron chi connectivity index (χ2n) is 6.17. The first-order chi connectivity index (χ1) is 12.6. The van der Waals surface area contributed by atoms with Gasteiger partial charge in [0, 0.05) is 5.56 Å². The third kappa shape index (κ3) is 4.00. The van der Waals surface area contributed by atoms with Gasteiger partial charge in [-0.05, 0) is 59.4 Å². The molecule has 130 valence electrons. The van der Waals surface area contributed by atoms with Crippen molar-refractivity contribution in [3.8, 4) is 23.0 Å². The molecule has 0 heterocycles. The minimum atomic E-state index is -0.609. The highest BCUT2D eigenvalue weighted by Crippen LogP contribution is 2.21. The van der Waals surface area contributed by atoms with Crippen LogP contribution in [-0.4, -0.2) is 0 Å². The summed E-state index contributed by atoms with van der Waals surface area (Å²) < 4.78 is 28.0. The molecule has 3 aromatic carbocycles. The molecule has 0 spiro atoms. The zero-order valence-corrected chi connectivity index (χ0v) is 14.9. The van der Waals surface area contributed by atoms with E-state index in [9.17, 15) is 8.78 Å². The van der Waals surface area contributed by atoms with Crippen LogP contribution in [0.1, 0.15) is 36.1 Å². The van der Waals surface area contributed by atoms with Crippen molar-refractivity contribution in [3.05, 3.63) is 94.6 Å². The molecule has 0 bridgehead atoms. The minimum Gasteiger partial charge on any atom is -0.206 e. The summed E-state index contributed by atoms with van der Waals surface area (Å²) in [6.45, 7) is 3.99. The van der Waals surface area contributed by atoms with Crippen molar-refractivity contribution >= 4 is 0 Å². The molecule has 0 aromatic heterocycles. The Morgan fingerprint density at radius 1 is 0.654 bits per heavy atom. The first-order valence-electron chi connectivity index (χ1n) is 8.80. The summed E-state index contributed by atoms with van der Waals surface area (Å²) >= 11 is 0. The van der Waals surface area contributed by atoms with Crippen LogP contribution in [0.2, 0.25) is 0 Å². The van der Waals surface area contributed by atoms with E-state index in [1.54, 1.807) is 0 Å². The van der Waals surface area contributed by atoms with Gasteiger partial charge >= 0.3 is 0 Å². The molecule has 0 N–H and O–H groups in total. The van der Waals surface area contributed by atoms with Gasteiger partial charge in [-0.15, -0.1) is 0 Å². The number of rotatable bonds is 3. The highest BCUT2D eigenvalue weighted by Gasteiger charge is 2.08. The predicted molar refractivity (Wildman–Crippen MR) is 103 cm³/mol. The SMILES string of the molecule is CCc1ccc(-c2ccc(C#Cc3c(F)cc(CC)cc3F)cc2)cc1. The third-order valence-electron chi connectivity index (χ3n) is 4.42. The Morgan fingerprint density at radius 3 is 1.65 bits per heavy atom. The number of hydrogen-bond donors (Lipinski definition) is 0. The molecule has 26 heavy (non-hydrogen) atoms. The Bertz CT molecular complexity index is 933. The van der Waals surface area contributed by atoms with Gasteiger partial charge in [-0.25, -0.2) is 8.78 Å². The number of aryl methyl sites for hydroxylation is 2. The molecular weight excluding hydrogens is 326 g/mol. The van der Waals surface area contributed by atoms with Gasteiger partial charge in [-0.3, -0.25) is 0 Å². The topological polar surface area (TPSA) is 0 Å². The Labute approximate surface area is 153 Å². The van der Waals surface area contributed by atoms with Crippen LogP contribution in [0.15, 0.2) is 60.7 Å². The van der Waals surface area contributed by atoms with Gasteiger partial charge in [0.1, 0.15) is 11.6 Å². The maximum absolute atomic E-state index is 14.0. The van der Waals surface area contributed by atoms with Crippen molar-refractivity contribution < 1.29 is 8.78 Å². The lowest BCUT2D eigenvalue weighted by molar-refractivity contribution is 0.574. The fourth-order valence-electron chi connectivity index (χ4n) is 2.76. The second kappa shape index (κ2) is 7.97. The number of halogens is 2.